The molecule has 0 aliphatic rings. The van der Waals surface area contributed by atoms with Crippen molar-refractivity contribution in [3.05, 3.63) is 28.8 Å². The first-order valence-electron chi connectivity index (χ1n) is 9.51. The minimum absolute atomic E-state index is 0.0843. The molecular formula is C22H35NO5. The highest BCUT2D eigenvalue weighted by Gasteiger charge is 2.29. The van der Waals surface area contributed by atoms with Gasteiger partial charge in [0.25, 0.3) is 0 Å². The predicted octanol–water partition coefficient (Wildman–Crippen LogP) is 4.51. The Hall–Kier alpha value is -2.24. The van der Waals surface area contributed by atoms with E-state index in [1.807, 2.05) is 53.7 Å². The number of rotatable bonds is 4. The summed E-state index contributed by atoms with van der Waals surface area (Å²) in [7, 11) is 0. The van der Waals surface area contributed by atoms with Gasteiger partial charge >= 0.3 is 12.1 Å². The summed E-state index contributed by atoms with van der Waals surface area (Å²) in [5.74, 6) is -0.913. The van der Waals surface area contributed by atoms with Gasteiger partial charge in [0.05, 0.1) is 0 Å². The van der Waals surface area contributed by atoms with E-state index in [-0.39, 0.29) is 23.0 Å². The third-order valence-electron chi connectivity index (χ3n) is 4.21. The van der Waals surface area contributed by atoms with Crippen molar-refractivity contribution in [1.82, 2.24) is 5.32 Å². The van der Waals surface area contributed by atoms with Crippen LogP contribution in [0, 0.1) is 0 Å². The summed E-state index contributed by atoms with van der Waals surface area (Å²) in [5, 5.41) is 22.8. The summed E-state index contributed by atoms with van der Waals surface area (Å²) in [6.07, 6.45) is -0.688. The molecule has 28 heavy (non-hydrogen) atoms. The van der Waals surface area contributed by atoms with Crippen molar-refractivity contribution in [3.63, 3.8) is 0 Å². The molecular weight excluding hydrogens is 358 g/mol. The van der Waals surface area contributed by atoms with E-state index in [0.29, 0.717) is 0 Å². The number of carbonyl (C=O) groups excluding carboxylic acids is 1. The summed E-state index contributed by atoms with van der Waals surface area (Å²) in [6, 6.07) is 2.49. The predicted molar refractivity (Wildman–Crippen MR) is 110 cm³/mol. The number of nitrogens with one attached hydrogen (secondary N) is 1. The molecule has 0 saturated carbocycles. The molecule has 0 bridgehead atoms. The number of aromatic hydroxyl groups is 1. The minimum Gasteiger partial charge on any atom is -0.507 e. The van der Waals surface area contributed by atoms with Crippen LogP contribution in [-0.2, 0) is 26.8 Å². The van der Waals surface area contributed by atoms with Gasteiger partial charge in [-0.15, -0.1) is 0 Å². The zero-order valence-corrected chi connectivity index (χ0v) is 18.6. The van der Waals surface area contributed by atoms with Gasteiger partial charge in [0, 0.05) is 6.42 Å². The highest BCUT2D eigenvalue weighted by molar-refractivity contribution is 5.80. The fourth-order valence-corrected chi connectivity index (χ4v) is 2.84. The second kappa shape index (κ2) is 8.02. The van der Waals surface area contributed by atoms with E-state index in [1.165, 1.54) is 0 Å². The van der Waals surface area contributed by atoms with Crippen LogP contribution in [0.15, 0.2) is 12.1 Å². The molecule has 6 heteroatoms. The quantitative estimate of drug-likeness (QED) is 0.699. The largest absolute Gasteiger partial charge is 0.507 e. The SMILES string of the molecule is CC(C)(C)OC(=O)NC(Cc1cc(C(C)(C)C)c(O)c(C(C)(C)C)c1)C(=O)O. The van der Waals surface area contributed by atoms with Crippen molar-refractivity contribution in [2.24, 2.45) is 0 Å². The van der Waals surface area contributed by atoms with Crippen LogP contribution in [0.25, 0.3) is 0 Å². The molecule has 6 nitrogen and oxygen atoms in total. The number of amides is 1. The van der Waals surface area contributed by atoms with Crippen LogP contribution in [0.4, 0.5) is 4.79 Å². The number of carboxylic acid groups (broad SMARTS) is 1. The molecule has 158 valence electrons. The fourth-order valence-electron chi connectivity index (χ4n) is 2.84. The van der Waals surface area contributed by atoms with Gasteiger partial charge in [-0.2, -0.15) is 0 Å². The molecule has 3 N–H and O–H groups in total. The summed E-state index contributed by atoms with van der Waals surface area (Å²) < 4.78 is 5.18. The van der Waals surface area contributed by atoms with Crippen LogP contribution in [0.5, 0.6) is 5.75 Å². The van der Waals surface area contributed by atoms with Gasteiger partial charge in [-0.25, -0.2) is 9.59 Å². The maximum atomic E-state index is 12.0. The number of phenolic OH excluding ortho intramolecular Hbond substituents is 1. The molecule has 0 fully saturated rings. The maximum Gasteiger partial charge on any atom is 0.408 e. The first-order valence-corrected chi connectivity index (χ1v) is 9.51. The van der Waals surface area contributed by atoms with Crippen LogP contribution >= 0.6 is 0 Å². The number of hydrogen-bond acceptors (Lipinski definition) is 4. The second-order valence-electron chi connectivity index (χ2n) is 10.3. The summed E-state index contributed by atoms with van der Waals surface area (Å²) in [5.41, 5.74) is 0.864. The van der Waals surface area contributed by atoms with Crippen LogP contribution in [0.1, 0.15) is 79.0 Å². The lowest BCUT2D eigenvalue weighted by Gasteiger charge is -2.29. The first kappa shape index (κ1) is 23.8. The van der Waals surface area contributed by atoms with Gasteiger partial charge < -0.3 is 20.3 Å². The molecule has 1 rings (SSSR count). The number of benzene rings is 1. The van der Waals surface area contributed by atoms with Gasteiger partial charge in [0.1, 0.15) is 17.4 Å². The molecule has 0 radical (unpaired) electrons. The summed E-state index contributed by atoms with van der Waals surface area (Å²) >= 11 is 0. The van der Waals surface area contributed by atoms with Crippen molar-refractivity contribution < 1.29 is 24.5 Å². The van der Waals surface area contributed by atoms with E-state index < -0.39 is 23.7 Å². The number of phenols is 1. The number of hydrogen-bond donors (Lipinski definition) is 3. The van der Waals surface area contributed by atoms with E-state index in [0.717, 1.165) is 16.7 Å². The number of carbonyl (C=O) groups is 2. The van der Waals surface area contributed by atoms with Crippen LogP contribution < -0.4 is 5.32 Å². The Labute approximate surface area is 168 Å². The normalized spacial score (nSPS) is 13.8. The van der Waals surface area contributed by atoms with E-state index in [2.05, 4.69) is 5.32 Å². The molecule has 1 amide bonds. The molecule has 1 unspecified atom stereocenters. The van der Waals surface area contributed by atoms with Crippen molar-refractivity contribution >= 4 is 12.1 Å². The Morgan fingerprint density at radius 2 is 1.39 bits per heavy atom. The Morgan fingerprint density at radius 1 is 0.964 bits per heavy atom. The minimum atomic E-state index is -1.14. The molecule has 0 aromatic heterocycles. The molecule has 0 spiro atoms. The van der Waals surface area contributed by atoms with Crippen LogP contribution in [0.3, 0.4) is 0 Å². The molecule has 0 aliphatic carbocycles. The third-order valence-corrected chi connectivity index (χ3v) is 4.21. The molecule has 0 saturated heterocycles. The zero-order valence-electron chi connectivity index (χ0n) is 18.6. The third kappa shape index (κ3) is 6.73. The highest BCUT2D eigenvalue weighted by atomic mass is 16.6. The average molecular weight is 394 g/mol. The molecule has 1 aromatic rings. The Morgan fingerprint density at radius 3 is 1.71 bits per heavy atom. The van der Waals surface area contributed by atoms with Gasteiger partial charge in [0.15, 0.2) is 0 Å². The first-order chi connectivity index (χ1) is 12.4. The molecule has 0 aliphatic heterocycles. The van der Waals surface area contributed by atoms with Crippen molar-refractivity contribution in [2.45, 2.75) is 91.2 Å². The van der Waals surface area contributed by atoms with Gasteiger partial charge in [-0.05, 0) is 48.3 Å². The van der Waals surface area contributed by atoms with Crippen molar-refractivity contribution in [2.75, 3.05) is 0 Å². The molecule has 1 atom stereocenters. The van der Waals surface area contributed by atoms with E-state index in [9.17, 15) is 19.8 Å². The highest BCUT2D eigenvalue weighted by Crippen LogP contribution is 2.40. The maximum absolute atomic E-state index is 12.0. The van der Waals surface area contributed by atoms with Crippen molar-refractivity contribution in [3.8, 4) is 5.75 Å². The van der Waals surface area contributed by atoms with Gasteiger partial charge in [0.2, 0.25) is 0 Å². The summed E-state index contributed by atoms with van der Waals surface area (Å²) in [4.78, 5) is 23.7. The zero-order chi connectivity index (χ0) is 22.1. The van der Waals surface area contributed by atoms with Crippen LogP contribution in [-0.4, -0.2) is 33.9 Å². The van der Waals surface area contributed by atoms with E-state index >= 15 is 0 Å². The molecule has 1 aromatic carbocycles. The smallest absolute Gasteiger partial charge is 0.408 e. The Bertz CT molecular complexity index is 698. The van der Waals surface area contributed by atoms with Crippen molar-refractivity contribution in [1.29, 1.82) is 0 Å². The van der Waals surface area contributed by atoms with Crippen LogP contribution in [0.2, 0.25) is 0 Å². The Kier molecular flexibility index (Phi) is 6.81. The number of ether oxygens (including phenoxy) is 1. The topological polar surface area (TPSA) is 95.9 Å². The number of carboxylic acids is 1. The van der Waals surface area contributed by atoms with E-state index in [1.54, 1.807) is 20.8 Å². The monoisotopic (exact) mass is 393 g/mol. The average Bonchev–Trinajstić information content (AvgIpc) is 2.43. The lowest BCUT2D eigenvalue weighted by molar-refractivity contribution is -0.139. The second-order valence-corrected chi connectivity index (χ2v) is 10.3. The number of aliphatic carboxylic acids is 1. The fraction of sp³-hybridized carbons (Fsp3) is 0.636. The standard InChI is InChI=1S/C22H35NO5/c1-20(2,3)14-10-13(11-15(17(14)24)21(4,5)6)12-16(18(25)26)23-19(27)28-22(7,8)9/h10-11,16,24H,12H2,1-9H3,(H,23,27)(H,25,26). The lowest BCUT2D eigenvalue weighted by Crippen LogP contribution is -2.44. The molecule has 0 heterocycles. The number of alkyl carbamates (subject to hydrolysis) is 1. The van der Waals surface area contributed by atoms with Gasteiger partial charge in [-0.3, -0.25) is 0 Å². The van der Waals surface area contributed by atoms with E-state index in [4.69, 9.17) is 4.74 Å². The Balaban J connectivity index is 3.30. The van der Waals surface area contributed by atoms with Gasteiger partial charge in [-0.1, -0.05) is 53.7 Å². The lowest BCUT2D eigenvalue weighted by atomic mass is 9.78. The summed E-state index contributed by atoms with van der Waals surface area (Å²) in [6.45, 7) is 17.1.